The Morgan fingerprint density at radius 2 is 1.06 bits per heavy atom. The van der Waals surface area contributed by atoms with Gasteiger partial charge in [-0.25, -0.2) is 23.5 Å². The molecule has 31 heavy (non-hydrogen) atoms. The summed E-state index contributed by atoms with van der Waals surface area (Å²) in [6.45, 7) is 3.81. The number of hydrogen-bond donors (Lipinski definition) is 0. The molecule has 0 unspecified atom stereocenters. The lowest BCUT2D eigenvalue weighted by molar-refractivity contribution is 0.607. The quantitative estimate of drug-likeness (QED) is 0.484. The molecule has 0 aliphatic rings. The third-order valence-corrected chi connectivity index (χ3v) is 4.83. The van der Waals surface area contributed by atoms with Crippen LogP contribution in [0.4, 0.5) is 0 Å². The molecule has 0 N–H and O–H groups in total. The van der Waals surface area contributed by atoms with Crippen molar-refractivity contribution >= 4 is 6.21 Å². The molecule has 0 bridgehead atoms. The van der Waals surface area contributed by atoms with Crippen LogP contribution in [0.3, 0.4) is 0 Å². The van der Waals surface area contributed by atoms with Crippen molar-refractivity contribution in [2.24, 2.45) is 5.10 Å². The third-order valence-electron chi connectivity index (χ3n) is 4.83. The molecule has 0 spiro atoms. The van der Waals surface area contributed by atoms with Crippen molar-refractivity contribution in [1.82, 2.24) is 13.8 Å². The molecule has 0 aliphatic carbocycles. The van der Waals surface area contributed by atoms with Crippen LogP contribution in [0.15, 0.2) is 98.3 Å². The standard InChI is InChI=1S/C24H20N4O3/c1-17-8-12-20(13-9-17)26-22(29)27(21-14-10-18(2)11-15-21)24(31)28(23(26)30)25-16-19-6-4-3-5-7-19/h3-16H,1-2H3/b25-16+. The molecule has 1 aromatic heterocycles. The highest BCUT2D eigenvalue weighted by atomic mass is 16.2. The first-order valence-corrected chi connectivity index (χ1v) is 9.70. The summed E-state index contributed by atoms with van der Waals surface area (Å²) >= 11 is 0. The van der Waals surface area contributed by atoms with Gasteiger partial charge in [-0.05, 0) is 43.7 Å². The summed E-state index contributed by atoms with van der Waals surface area (Å²) in [5.74, 6) is 0. The molecule has 154 valence electrons. The van der Waals surface area contributed by atoms with E-state index in [1.54, 1.807) is 60.7 Å². The van der Waals surface area contributed by atoms with Crippen molar-refractivity contribution in [1.29, 1.82) is 0 Å². The summed E-state index contributed by atoms with van der Waals surface area (Å²) in [4.78, 5) is 39.6. The molecule has 7 heteroatoms. The largest absolute Gasteiger partial charge is 0.362 e. The van der Waals surface area contributed by atoms with E-state index in [-0.39, 0.29) is 0 Å². The molecule has 7 nitrogen and oxygen atoms in total. The SMILES string of the molecule is Cc1ccc(-n2c(=O)n(/N=C/c3ccccc3)c(=O)n(-c3ccc(C)cc3)c2=O)cc1. The monoisotopic (exact) mass is 412 g/mol. The van der Waals surface area contributed by atoms with E-state index in [4.69, 9.17) is 0 Å². The predicted molar refractivity (Wildman–Crippen MR) is 121 cm³/mol. The number of rotatable bonds is 4. The topological polar surface area (TPSA) is 78.4 Å². The Hall–Kier alpha value is -4.26. The summed E-state index contributed by atoms with van der Waals surface area (Å²) in [7, 11) is 0. The lowest BCUT2D eigenvalue weighted by Gasteiger charge is -2.12. The second-order valence-electron chi connectivity index (χ2n) is 7.16. The summed E-state index contributed by atoms with van der Waals surface area (Å²) in [6, 6.07) is 22.9. The highest BCUT2D eigenvalue weighted by Gasteiger charge is 2.17. The van der Waals surface area contributed by atoms with Crippen molar-refractivity contribution in [2.75, 3.05) is 0 Å². The van der Waals surface area contributed by atoms with E-state index in [9.17, 15) is 14.4 Å². The van der Waals surface area contributed by atoms with Crippen molar-refractivity contribution in [2.45, 2.75) is 13.8 Å². The molecule has 0 radical (unpaired) electrons. The highest BCUT2D eigenvalue weighted by Crippen LogP contribution is 2.07. The maximum absolute atomic E-state index is 13.3. The number of aromatic nitrogens is 3. The van der Waals surface area contributed by atoms with E-state index >= 15 is 0 Å². The van der Waals surface area contributed by atoms with Gasteiger partial charge in [0.2, 0.25) is 0 Å². The Balaban J connectivity index is 2.02. The van der Waals surface area contributed by atoms with Crippen molar-refractivity contribution < 1.29 is 0 Å². The second-order valence-corrected chi connectivity index (χ2v) is 7.16. The zero-order chi connectivity index (χ0) is 22.0. The van der Waals surface area contributed by atoms with Gasteiger partial charge in [-0.1, -0.05) is 65.7 Å². The summed E-state index contributed by atoms with van der Waals surface area (Å²) in [5.41, 5.74) is 0.939. The lowest BCUT2D eigenvalue weighted by Crippen LogP contribution is -2.52. The fourth-order valence-electron chi connectivity index (χ4n) is 3.13. The first-order valence-electron chi connectivity index (χ1n) is 9.70. The minimum absolute atomic E-state index is 0.352. The van der Waals surface area contributed by atoms with Crippen molar-refractivity contribution in [3.8, 4) is 11.4 Å². The van der Waals surface area contributed by atoms with Crippen LogP contribution >= 0.6 is 0 Å². The van der Waals surface area contributed by atoms with E-state index in [2.05, 4.69) is 5.10 Å². The number of hydrogen-bond acceptors (Lipinski definition) is 4. The van der Waals surface area contributed by atoms with Crippen LogP contribution in [0.5, 0.6) is 0 Å². The van der Waals surface area contributed by atoms with E-state index < -0.39 is 17.1 Å². The average molecular weight is 412 g/mol. The maximum Gasteiger partial charge on any atom is 0.362 e. The fourth-order valence-corrected chi connectivity index (χ4v) is 3.13. The smallest absolute Gasteiger partial charge is 0.246 e. The zero-order valence-electron chi connectivity index (χ0n) is 17.1. The van der Waals surface area contributed by atoms with Crippen LogP contribution in [-0.2, 0) is 0 Å². The van der Waals surface area contributed by atoms with Gasteiger partial charge in [0.25, 0.3) is 0 Å². The van der Waals surface area contributed by atoms with Gasteiger partial charge in [-0.3, -0.25) is 0 Å². The maximum atomic E-state index is 13.3. The number of aryl methyl sites for hydroxylation is 2. The number of benzene rings is 3. The Morgan fingerprint density at radius 3 is 1.52 bits per heavy atom. The van der Waals surface area contributed by atoms with E-state index in [1.165, 1.54) is 6.21 Å². The van der Waals surface area contributed by atoms with Gasteiger partial charge in [0.15, 0.2) is 0 Å². The van der Waals surface area contributed by atoms with E-state index in [0.717, 1.165) is 20.3 Å². The molecule has 4 rings (SSSR count). The van der Waals surface area contributed by atoms with Gasteiger partial charge in [0.1, 0.15) is 0 Å². The first-order chi connectivity index (χ1) is 15.0. The van der Waals surface area contributed by atoms with Gasteiger partial charge in [-0.15, -0.1) is 4.68 Å². The number of nitrogens with zero attached hydrogens (tertiary/aromatic N) is 4. The summed E-state index contributed by atoms with van der Waals surface area (Å²) in [5, 5.41) is 4.11. The molecule has 0 atom stereocenters. The van der Waals surface area contributed by atoms with Crippen LogP contribution in [-0.4, -0.2) is 20.0 Å². The average Bonchev–Trinajstić information content (AvgIpc) is 2.77. The van der Waals surface area contributed by atoms with Crippen molar-refractivity contribution in [3.63, 3.8) is 0 Å². The molecule has 0 fully saturated rings. The Kier molecular flexibility index (Phi) is 5.32. The van der Waals surface area contributed by atoms with Crippen LogP contribution in [0.1, 0.15) is 16.7 Å². The summed E-state index contributed by atoms with van der Waals surface area (Å²) in [6.07, 6.45) is 1.41. The van der Waals surface area contributed by atoms with E-state index in [1.807, 2.05) is 32.0 Å². The molecule has 0 saturated heterocycles. The van der Waals surface area contributed by atoms with E-state index in [0.29, 0.717) is 21.6 Å². The van der Waals surface area contributed by atoms with Crippen LogP contribution < -0.4 is 17.1 Å². The normalized spacial score (nSPS) is 11.2. The minimum atomic E-state index is -0.839. The Bertz CT molecular complexity index is 1340. The highest BCUT2D eigenvalue weighted by molar-refractivity contribution is 5.79. The molecule has 0 aliphatic heterocycles. The first kappa shape index (κ1) is 20.0. The van der Waals surface area contributed by atoms with Gasteiger partial charge in [0.05, 0.1) is 17.6 Å². The third kappa shape index (κ3) is 3.93. The predicted octanol–water partition coefficient (Wildman–Crippen LogP) is 2.65. The molecule has 3 aromatic carbocycles. The summed E-state index contributed by atoms with van der Waals surface area (Å²) < 4.78 is 2.60. The van der Waals surface area contributed by atoms with Crippen LogP contribution in [0.2, 0.25) is 0 Å². The Morgan fingerprint density at radius 1 is 0.613 bits per heavy atom. The molecule has 4 aromatic rings. The lowest BCUT2D eigenvalue weighted by atomic mass is 10.2. The van der Waals surface area contributed by atoms with Gasteiger partial charge < -0.3 is 0 Å². The van der Waals surface area contributed by atoms with Crippen molar-refractivity contribution in [3.05, 3.63) is 127 Å². The molecular weight excluding hydrogens is 392 g/mol. The van der Waals surface area contributed by atoms with Crippen LogP contribution in [0, 0.1) is 13.8 Å². The fraction of sp³-hybridized carbons (Fsp3) is 0.0833. The van der Waals surface area contributed by atoms with Crippen LogP contribution in [0.25, 0.3) is 11.4 Å². The van der Waals surface area contributed by atoms with Gasteiger partial charge in [0, 0.05) is 0 Å². The second kappa shape index (κ2) is 8.23. The minimum Gasteiger partial charge on any atom is -0.246 e. The van der Waals surface area contributed by atoms with Gasteiger partial charge in [-0.2, -0.15) is 5.10 Å². The molecular formula is C24H20N4O3. The Labute approximate surface area is 177 Å². The molecule has 1 heterocycles. The zero-order valence-corrected chi connectivity index (χ0v) is 17.1. The molecule has 0 saturated carbocycles. The van der Waals surface area contributed by atoms with Gasteiger partial charge >= 0.3 is 17.1 Å². The molecule has 0 amide bonds.